The Bertz CT molecular complexity index is 541. The predicted molar refractivity (Wildman–Crippen MR) is 85.4 cm³/mol. The van der Waals surface area contributed by atoms with Crippen LogP contribution in [0.5, 0.6) is 0 Å². The van der Waals surface area contributed by atoms with Crippen LogP contribution in [0.1, 0.15) is 43.5 Å². The largest absolute Gasteiger partial charge is 0.271 e. The Hall–Kier alpha value is -1.64. The number of nitrogens with two attached hydrogens (primary N) is 1. The van der Waals surface area contributed by atoms with Gasteiger partial charge in [0, 0.05) is 0 Å². The minimum absolute atomic E-state index is 0.113. The van der Waals surface area contributed by atoms with Crippen molar-refractivity contribution >= 4 is 0 Å². The summed E-state index contributed by atoms with van der Waals surface area (Å²) in [6.45, 7) is 6.71. The second kappa shape index (κ2) is 6.21. The molecule has 0 amide bonds. The summed E-state index contributed by atoms with van der Waals surface area (Å²) in [4.78, 5) is 0. The molecule has 2 nitrogen and oxygen atoms in total. The van der Waals surface area contributed by atoms with E-state index >= 15 is 0 Å². The van der Waals surface area contributed by atoms with E-state index in [4.69, 9.17) is 5.84 Å². The molecule has 3 N–H and O–H groups in total. The highest BCUT2D eigenvalue weighted by Gasteiger charge is 2.22. The Balaban J connectivity index is 2.33. The van der Waals surface area contributed by atoms with E-state index in [0.29, 0.717) is 0 Å². The van der Waals surface area contributed by atoms with Crippen LogP contribution in [0.4, 0.5) is 0 Å². The molecule has 0 fully saturated rings. The van der Waals surface area contributed by atoms with Gasteiger partial charge in [0.25, 0.3) is 0 Å². The molecule has 2 aromatic carbocycles. The van der Waals surface area contributed by atoms with Gasteiger partial charge in [0.2, 0.25) is 0 Å². The summed E-state index contributed by atoms with van der Waals surface area (Å²) in [6, 6.07) is 19.1. The molecule has 0 aliphatic rings. The van der Waals surface area contributed by atoms with Crippen LogP contribution in [-0.2, 0) is 11.8 Å². The van der Waals surface area contributed by atoms with E-state index in [1.165, 1.54) is 16.7 Å². The summed E-state index contributed by atoms with van der Waals surface area (Å²) in [7, 11) is 0. The van der Waals surface area contributed by atoms with E-state index in [1.54, 1.807) is 0 Å². The number of hydrogen-bond acceptors (Lipinski definition) is 2. The highest BCUT2D eigenvalue weighted by atomic mass is 15.2. The third-order valence-corrected chi connectivity index (χ3v) is 3.63. The van der Waals surface area contributed by atoms with E-state index < -0.39 is 0 Å². The van der Waals surface area contributed by atoms with Gasteiger partial charge < -0.3 is 0 Å². The summed E-state index contributed by atoms with van der Waals surface area (Å²) in [6.07, 6.45) is 0.893. The first-order chi connectivity index (χ1) is 9.52. The number of hydrogen-bond donors (Lipinski definition) is 2. The van der Waals surface area contributed by atoms with Crippen LogP contribution in [0.15, 0.2) is 54.6 Å². The van der Waals surface area contributed by atoms with E-state index in [2.05, 4.69) is 74.7 Å². The molecule has 20 heavy (non-hydrogen) atoms. The average Bonchev–Trinajstić information content (AvgIpc) is 2.45. The maximum Gasteiger partial charge on any atom is 0.0503 e. The zero-order chi connectivity index (χ0) is 14.6. The lowest BCUT2D eigenvalue weighted by Crippen LogP contribution is -2.31. The van der Waals surface area contributed by atoms with E-state index in [0.717, 1.165) is 6.42 Å². The van der Waals surface area contributed by atoms with Gasteiger partial charge in [-0.2, -0.15) is 0 Å². The van der Waals surface area contributed by atoms with Gasteiger partial charge in [-0.1, -0.05) is 75.4 Å². The van der Waals surface area contributed by atoms with Crippen LogP contribution in [0.25, 0.3) is 0 Å². The number of nitrogens with one attached hydrogen (secondary N) is 1. The molecule has 1 atom stereocenters. The van der Waals surface area contributed by atoms with Crippen LogP contribution in [0, 0.1) is 0 Å². The topological polar surface area (TPSA) is 38.0 Å². The monoisotopic (exact) mass is 268 g/mol. The van der Waals surface area contributed by atoms with Gasteiger partial charge in [-0.25, -0.2) is 0 Å². The molecule has 2 heteroatoms. The average molecular weight is 268 g/mol. The second-order valence-corrected chi connectivity index (χ2v) is 6.25. The Labute approximate surface area is 122 Å². The van der Waals surface area contributed by atoms with Crippen LogP contribution in [0.3, 0.4) is 0 Å². The molecular formula is C18H24N2. The molecule has 0 spiro atoms. The van der Waals surface area contributed by atoms with Crippen LogP contribution in [0.2, 0.25) is 0 Å². The molecule has 0 saturated heterocycles. The van der Waals surface area contributed by atoms with Crippen molar-refractivity contribution < 1.29 is 0 Å². The SMILES string of the molecule is CC(C)(C)c1ccccc1C(Cc1ccccc1)NN. The summed E-state index contributed by atoms with van der Waals surface area (Å²) < 4.78 is 0. The molecule has 2 aromatic rings. The lowest BCUT2D eigenvalue weighted by Gasteiger charge is -2.27. The number of rotatable bonds is 4. The van der Waals surface area contributed by atoms with Gasteiger partial charge in [-0.3, -0.25) is 11.3 Å². The fourth-order valence-electron chi connectivity index (χ4n) is 2.59. The summed E-state index contributed by atoms with van der Waals surface area (Å²) in [5.41, 5.74) is 7.01. The third-order valence-electron chi connectivity index (χ3n) is 3.63. The van der Waals surface area contributed by atoms with Gasteiger partial charge in [-0.05, 0) is 28.5 Å². The third kappa shape index (κ3) is 3.47. The molecule has 106 valence electrons. The zero-order valence-electron chi connectivity index (χ0n) is 12.6. The van der Waals surface area contributed by atoms with Crippen molar-refractivity contribution in [3.63, 3.8) is 0 Å². The van der Waals surface area contributed by atoms with Crippen molar-refractivity contribution in [2.45, 2.75) is 38.6 Å². The van der Waals surface area contributed by atoms with Crippen molar-refractivity contribution in [3.8, 4) is 0 Å². The van der Waals surface area contributed by atoms with Gasteiger partial charge in [-0.15, -0.1) is 0 Å². The number of hydrazine groups is 1. The standard InChI is InChI=1S/C18H24N2/c1-18(2,3)16-12-8-7-11-15(16)17(20-19)13-14-9-5-4-6-10-14/h4-12,17,20H,13,19H2,1-3H3. The van der Waals surface area contributed by atoms with Gasteiger partial charge >= 0.3 is 0 Å². The summed E-state index contributed by atoms with van der Waals surface area (Å²) in [5.74, 6) is 5.81. The minimum atomic E-state index is 0.113. The fraction of sp³-hybridized carbons (Fsp3) is 0.333. The Morgan fingerprint density at radius 2 is 1.55 bits per heavy atom. The van der Waals surface area contributed by atoms with Crippen molar-refractivity contribution in [2.24, 2.45) is 5.84 Å². The first kappa shape index (κ1) is 14.8. The van der Waals surface area contributed by atoms with Crippen molar-refractivity contribution in [1.29, 1.82) is 0 Å². The maximum atomic E-state index is 5.81. The van der Waals surface area contributed by atoms with Gasteiger partial charge in [0.1, 0.15) is 0 Å². The lowest BCUT2D eigenvalue weighted by atomic mass is 9.81. The highest BCUT2D eigenvalue weighted by molar-refractivity contribution is 5.36. The van der Waals surface area contributed by atoms with E-state index in [9.17, 15) is 0 Å². The van der Waals surface area contributed by atoms with Crippen molar-refractivity contribution in [2.75, 3.05) is 0 Å². The highest BCUT2D eigenvalue weighted by Crippen LogP contribution is 2.30. The van der Waals surface area contributed by atoms with E-state index in [-0.39, 0.29) is 11.5 Å². The van der Waals surface area contributed by atoms with E-state index in [1.807, 2.05) is 6.07 Å². The molecule has 0 aromatic heterocycles. The van der Waals surface area contributed by atoms with Crippen molar-refractivity contribution in [3.05, 3.63) is 71.3 Å². The second-order valence-electron chi connectivity index (χ2n) is 6.25. The molecule has 0 radical (unpaired) electrons. The first-order valence-corrected chi connectivity index (χ1v) is 7.12. The Morgan fingerprint density at radius 3 is 2.15 bits per heavy atom. The Kier molecular flexibility index (Phi) is 4.58. The van der Waals surface area contributed by atoms with Gasteiger partial charge in [0.15, 0.2) is 0 Å². The summed E-state index contributed by atoms with van der Waals surface area (Å²) >= 11 is 0. The summed E-state index contributed by atoms with van der Waals surface area (Å²) in [5, 5.41) is 0. The molecule has 0 heterocycles. The van der Waals surface area contributed by atoms with Crippen LogP contribution in [-0.4, -0.2) is 0 Å². The minimum Gasteiger partial charge on any atom is -0.271 e. The molecule has 0 aliphatic heterocycles. The quantitative estimate of drug-likeness (QED) is 0.655. The number of benzene rings is 2. The fourth-order valence-corrected chi connectivity index (χ4v) is 2.59. The molecular weight excluding hydrogens is 244 g/mol. The molecule has 0 bridgehead atoms. The first-order valence-electron chi connectivity index (χ1n) is 7.12. The van der Waals surface area contributed by atoms with Crippen LogP contribution >= 0.6 is 0 Å². The van der Waals surface area contributed by atoms with Crippen molar-refractivity contribution in [1.82, 2.24) is 5.43 Å². The molecule has 0 aliphatic carbocycles. The zero-order valence-corrected chi connectivity index (χ0v) is 12.6. The lowest BCUT2D eigenvalue weighted by molar-refractivity contribution is 0.518. The predicted octanol–water partition coefficient (Wildman–Crippen LogP) is 3.73. The Morgan fingerprint density at radius 1 is 0.950 bits per heavy atom. The van der Waals surface area contributed by atoms with Crippen LogP contribution < -0.4 is 11.3 Å². The molecule has 1 unspecified atom stereocenters. The smallest absolute Gasteiger partial charge is 0.0503 e. The normalized spacial score (nSPS) is 13.2. The maximum absolute atomic E-state index is 5.81. The molecule has 0 saturated carbocycles. The molecule has 2 rings (SSSR count). The van der Waals surface area contributed by atoms with Gasteiger partial charge in [0.05, 0.1) is 6.04 Å².